The van der Waals surface area contributed by atoms with Crippen molar-refractivity contribution in [2.24, 2.45) is 0 Å². The Hall–Kier alpha value is -1.04. The van der Waals surface area contributed by atoms with Crippen molar-refractivity contribution in [3.63, 3.8) is 0 Å². The Morgan fingerprint density at radius 3 is 3.00 bits per heavy atom. The van der Waals surface area contributed by atoms with Crippen molar-refractivity contribution in [1.82, 2.24) is 0 Å². The van der Waals surface area contributed by atoms with Gasteiger partial charge in [-0.15, -0.1) is 11.3 Å². The van der Waals surface area contributed by atoms with E-state index in [9.17, 15) is 0 Å². The summed E-state index contributed by atoms with van der Waals surface area (Å²) in [5, 5.41) is 12.3. The van der Waals surface area contributed by atoms with Gasteiger partial charge in [0.25, 0.3) is 0 Å². The van der Waals surface area contributed by atoms with E-state index in [2.05, 4.69) is 6.07 Å². The molecular weight excluding hydrogens is 190 g/mol. The Morgan fingerprint density at radius 2 is 2.25 bits per heavy atom. The summed E-state index contributed by atoms with van der Waals surface area (Å²) < 4.78 is 1.07. The minimum atomic E-state index is 0.717. The zero-order valence-corrected chi connectivity index (χ0v) is 7.62. The smallest absolute Gasteiger partial charge is 0.101 e. The van der Waals surface area contributed by atoms with Crippen molar-refractivity contribution < 1.29 is 0 Å². The minimum Gasteiger partial charge on any atom is -0.192 e. The average molecular weight is 194 g/mol. The van der Waals surface area contributed by atoms with Gasteiger partial charge in [-0.3, -0.25) is 0 Å². The van der Waals surface area contributed by atoms with Crippen LogP contribution in [0.5, 0.6) is 0 Å². The van der Waals surface area contributed by atoms with E-state index < -0.39 is 0 Å². The summed E-state index contributed by atoms with van der Waals surface area (Å²) >= 11 is 7.34. The number of rotatable bonds is 0. The number of hydrogen-bond acceptors (Lipinski definition) is 2. The number of thiophene rings is 1. The predicted molar refractivity (Wildman–Crippen MR) is 51.6 cm³/mol. The van der Waals surface area contributed by atoms with Crippen LogP contribution in [0.3, 0.4) is 0 Å². The molecule has 0 spiro atoms. The molecule has 0 aliphatic heterocycles. The van der Waals surface area contributed by atoms with Gasteiger partial charge in [-0.2, -0.15) is 5.26 Å². The Balaban J connectivity index is 2.84. The monoisotopic (exact) mass is 193 g/mol. The first-order valence-corrected chi connectivity index (χ1v) is 4.64. The average Bonchev–Trinajstić information content (AvgIpc) is 2.46. The second kappa shape index (κ2) is 2.78. The highest BCUT2D eigenvalue weighted by Crippen LogP contribution is 2.27. The van der Waals surface area contributed by atoms with Gasteiger partial charge in [0.2, 0.25) is 0 Å². The summed E-state index contributed by atoms with van der Waals surface area (Å²) in [5.74, 6) is 0. The second-order valence-electron chi connectivity index (χ2n) is 2.40. The van der Waals surface area contributed by atoms with Crippen molar-refractivity contribution in [3.05, 3.63) is 34.2 Å². The van der Waals surface area contributed by atoms with Crippen LogP contribution >= 0.6 is 22.9 Å². The van der Waals surface area contributed by atoms with Gasteiger partial charge in [0, 0.05) is 20.5 Å². The molecule has 0 saturated carbocycles. The molecule has 0 aliphatic carbocycles. The molecule has 1 heterocycles. The maximum atomic E-state index is 8.72. The summed E-state index contributed by atoms with van der Waals surface area (Å²) in [4.78, 5) is 0. The van der Waals surface area contributed by atoms with E-state index in [1.54, 1.807) is 17.4 Å². The van der Waals surface area contributed by atoms with Gasteiger partial charge in [0.05, 0.1) is 5.56 Å². The molecule has 0 atom stereocenters. The molecule has 1 aromatic carbocycles. The van der Waals surface area contributed by atoms with Gasteiger partial charge in [-0.1, -0.05) is 17.7 Å². The summed E-state index contributed by atoms with van der Waals surface area (Å²) in [7, 11) is 0. The van der Waals surface area contributed by atoms with E-state index in [0.29, 0.717) is 5.02 Å². The van der Waals surface area contributed by atoms with Crippen LogP contribution < -0.4 is 0 Å². The number of nitriles is 1. The Morgan fingerprint density at radius 1 is 1.42 bits per heavy atom. The molecule has 0 amide bonds. The van der Waals surface area contributed by atoms with E-state index >= 15 is 0 Å². The first kappa shape index (κ1) is 7.60. The number of nitrogens with zero attached hydrogens (tertiary/aromatic N) is 1. The molecule has 0 unspecified atom stereocenters. The third kappa shape index (κ3) is 1.08. The van der Waals surface area contributed by atoms with Crippen LogP contribution in [0.15, 0.2) is 23.6 Å². The molecule has 12 heavy (non-hydrogen) atoms. The lowest BCUT2D eigenvalue weighted by atomic mass is 10.2. The van der Waals surface area contributed by atoms with Crippen molar-refractivity contribution in [3.8, 4) is 6.07 Å². The molecule has 3 heteroatoms. The second-order valence-corrected chi connectivity index (χ2v) is 3.75. The fourth-order valence-corrected chi connectivity index (χ4v) is 2.25. The molecule has 1 aromatic heterocycles. The van der Waals surface area contributed by atoms with Crippen molar-refractivity contribution >= 4 is 33.0 Å². The molecule has 0 fully saturated rings. The lowest BCUT2D eigenvalue weighted by Gasteiger charge is -1.89. The first-order valence-electron chi connectivity index (χ1n) is 3.38. The zero-order chi connectivity index (χ0) is 8.55. The largest absolute Gasteiger partial charge is 0.192 e. The highest BCUT2D eigenvalue weighted by Gasteiger charge is 2.02. The summed E-state index contributed by atoms with van der Waals surface area (Å²) in [6.07, 6.45) is 0. The van der Waals surface area contributed by atoms with Crippen LogP contribution in [0.4, 0.5) is 0 Å². The molecule has 1 nitrogen and oxygen atoms in total. The van der Waals surface area contributed by atoms with E-state index in [1.807, 2.05) is 17.5 Å². The quantitative estimate of drug-likeness (QED) is 0.629. The Bertz CT molecular complexity index is 467. The molecule has 2 rings (SSSR count). The lowest BCUT2D eigenvalue weighted by molar-refractivity contribution is 1.52. The number of halogens is 1. The van der Waals surface area contributed by atoms with Crippen LogP contribution in [0.1, 0.15) is 5.56 Å². The van der Waals surface area contributed by atoms with Gasteiger partial charge in [-0.25, -0.2) is 0 Å². The molecule has 0 saturated heterocycles. The van der Waals surface area contributed by atoms with Crippen LogP contribution in [0.25, 0.3) is 10.1 Å². The predicted octanol–water partition coefficient (Wildman–Crippen LogP) is 3.43. The number of benzene rings is 1. The maximum absolute atomic E-state index is 8.72. The van der Waals surface area contributed by atoms with E-state index in [1.165, 1.54) is 0 Å². The van der Waals surface area contributed by atoms with Crippen molar-refractivity contribution in [1.29, 1.82) is 5.26 Å². The van der Waals surface area contributed by atoms with Crippen molar-refractivity contribution in [2.75, 3.05) is 0 Å². The topological polar surface area (TPSA) is 23.8 Å². The zero-order valence-electron chi connectivity index (χ0n) is 6.04. The normalized spacial score (nSPS) is 10.0. The van der Waals surface area contributed by atoms with E-state index in [0.717, 1.165) is 15.6 Å². The highest BCUT2D eigenvalue weighted by atomic mass is 35.5. The highest BCUT2D eigenvalue weighted by molar-refractivity contribution is 7.17. The molecule has 2 aromatic rings. The van der Waals surface area contributed by atoms with Gasteiger partial charge >= 0.3 is 0 Å². The third-order valence-electron chi connectivity index (χ3n) is 1.66. The molecular formula is C9H4ClNS. The standard InChI is InChI=1S/C9H4ClNS/c10-7-1-2-8-6(4-11)5-12-9(8)3-7/h1-3,5H. The van der Waals surface area contributed by atoms with Crippen LogP contribution in [-0.4, -0.2) is 0 Å². The van der Waals surface area contributed by atoms with Crippen molar-refractivity contribution in [2.45, 2.75) is 0 Å². The number of hydrogen-bond donors (Lipinski definition) is 0. The van der Waals surface area contributed by atoms with Gasteiger partial charge in [0.15, 0.2) is 0 Å². The van der Waals surface area contributed by atoms with E-state index in [4.69, 9.17) is 16.9 Å². The molecule has 0 bridgehead atoms. The summed E-state index contributed by atoms with van der Waals surface area (Å²) in [6.45, 7) is 0. The molecule has 0 N–H and O–H groups in total. The molecule has 58 valence electrons. The Labute approximate surface area is 78.8 Å². The Kier molecular flexibility index (Phi) is 1.76. The summed E-state index contributed by atoms with van der Waals surface area (Å²) in [5.41, 5.74) is 0.728. The van der Waals surface area contributed by atoms with Gasteiger partial charge < -0.3 is 0 Å². The first-order chi connectivity index (χ1) is 5.81. The number of fused-ring (bicyclic) bond motifs is 1. The third-order valence-corrected chi connectivity index (χ3v) is 2.84. The maximum Gasteiger partial charge on any atom is 0.101 e. The SMILES string of the molecule is N#Cc1csc2cc(Cl)ccc12. The minimum absolute atomic E-state index is 0.717. The van der Waals surface area contributed by atoms with Crippen LogP contribution in [-0.2, 0) is 0 Å². The van der Waals surface area contributed by atoms with E-state index in [-0.39, 0.29) is 0 Å². The molecule has 0 radical (unpaired) electrons. The van der Waals surface area contributed by atoms with Gasteiger partial charge in [-0.05, 0) is 12.1 Å². The fourth-order valence-electron chi connectivity index (χ4n) is 1.09. The van der Waals surface area contributed by atoms with Crippen LogP contribution in [0.2, 0.25) is 5.02 Å². The summed E-state index contributed by atoms with van der Waals surface area (Å²) in [6, 6.07) is 7.70. The lowest BCUT2D eigenvalue weighted by Crippen LogP contribution is -1.68. The van der Waals surface area contributed by atoms with Gasteiger partial charge in [0.1, 0.15) is 6.07 Å². The molecule has 0 aliphatic rings. The van der Waals surface area contributed by atoms with Crippen LogP contribution in [0, 0.1) is 11.3 Å². The fraction of sp³-hybridized carbons (Fsp3) is 0.